The second-order valence-corrected chi connectivity index (χ2v) is 11.3. The number of carbonyl (C=O) groups is 3. The van der Waals surface area contributed by atoms with Crippen LogP contribution in [0.1, 0.15) is 26.3 Å². The number of ether oxygens (including phenoxy) is 3. The molecule has 0 bridgehead atoms. The van der Waals surface area contributed by atoms with Gasteiger partial charge in [-0.3, -0.25) is 14.9 Å². The molecule has 2 aromatic heterocycles. The van der Waals surface area contributed by atoms with E-state index in [9.17, 15) is 19.5 Å². The van der Waals surface area contributed by atoms with Gasteiger partial charge in [0.2, 0.25) is 6.79 Å². The molecule has 2 unspecified atom stereocenters. The van der Waals surface area contributed by atoms with Gasteiger partial charge in [0.25, 0.3) is 11.8 Å². The Labute approximate surface area is 248 Å². The molecule has 3 N–H and O–H groups in total. The van der Waals surface area contributed by atoms with Crippen LogP contribution in [0.15, 0.2) is 66.7 Å². The van der Waals surface area contributed by atoms with Crippen LogP contribution in [-0.2, 0) is 24.4 Å². The smallest absolute Gasteiger partial charge is 0.407 e. The van der Waals surface area contributed by atoms with Crippen LogP contribution in [0.4, 0.5) is 4.79 Å². The number of amides is 3. The zero-order chi connectivity index (χ0) is 29.7. The molecule has 11 heteroatoms. The summed E-state index contributed by atoms with van der Waals surface area (Å²) in [5, 5.41) is 19.8. The lowest BCUT2D eigenvalue weighted by Gasteiger charge is -2.28. The molecule has 0 spiro atoms. The Balaban J connectivity index is 1.19. The summed E-state index contributed by atoms with van der Waals surface area (Å²) in [7, 11) is 0. The van der Waals surface area contributed by atoms with Crippen LogP contribution in [0.3, 0.4) is 0 Å². The van der Waals surface area contributed by atoms with Crippen molar-refractivity contribution in [1.82, 2.24) is 19.8 Å². The Morgan fingerprint density at radius 2 is 1.48 bits per heavy atom. The molecule has 4 aromatic carbocycles. The van der Waals surface area contributed by atoms with Crippen molar-refractivity contribution in [1.29, 1.82) is 0 Å². The lowest BCUT2D eigenvalue weighted by molar-refractivity contribution is -0.0124. The van der Waals surface area contributed by atoms with Crippen molar-refractivity contribution in [3.63, 3.8) is 0 Å². The predicted molar refractivity (Wildman–Crippen MR) is 160 cm³/mol. The van der Waals surface area contributed by atoms with E-state index in [0.717, 1.165) is 38.4 Å². The van der Waals surface area contributed by atoms with E-state index in [1.54, 1.807) is 12.1 Å². The molecule has 0 radical (unpaired) electrons. The molecule has 3 amide bonds. The van der Waals surface area contributed by atoms with E-state index < -0.39 is 30.1 Å². The van der Waals surface area contributed by atoms with Crippen LogP contribution in [0.5, 0.6) is 11.5 Å². The summed E-state index contributed by atoms with van der Waals surface area (Å²) in [6.45, 7) is 0.587. The van der Waals surface area contributed by atoms with E-state index in [1.807, 2.05) is 63.7 Å². The first kappa shape index (κ1) is 25.0. The number of fused-ring (bicyclic) bond motifs is 10. The van der Waals surface area contributed by atoms with Crippen molar-refractivity contribution >= 4 is 61.5 Å². The molecule has 6 aromatic rings. The number of aromatic nitrogens is 2. The van der Waals surface area contributed by atoms with Crippen molar-refractivity contribution in [3.8, 4) is 11.5 Å². The molecule has 0 aliphatic carbocycles. The largest absolute Gasteiger partial charge is 0.454 e. The van der Waals surface area contributed by atoms with Crippen molar-refractivity contribution in [2.75, 3.05) is 6.79 Å². The topological polar surface area (TPSA) is 133 Å². The lowest BCUT2D eigenvalue weighted by atomic mass is 9.96. The number of carbonyl (C=O) groups excluding carboxylic acids is 3. The number of alkyl carbamates (subject to hydrolysis) is 1. The number of nitrogens with zero attached hydrogens (tertiary/aromatic N) is 2. The number of nitrogens with one attached hydrogen (secondary N) is 2. The standard InChI is InChI=1S/C33H24N4O7/c38-21-13-36-19-7-3-1-5-17(19)25-27-28(32(40)35-31(27)39)26-18-6-2-4-8-20(18)37(30(26)29(25)36)14-24(21)44-33(41)34-12-16-9-10-22-23(11-16)43-15-42-22/h1-11,21,24,38H,12-15H2,(H,34,41)(H,35,39,40). The van der Waals surface area contributed by atoms with Gasteiger partial charge in [0.05, 0.1) is 35.2 Å². The summed E-state index contributed by atoms with van der Waals surface area (Å²) in [4.78, 5) is 39.7. The Bertz CT molecular complexity index is 2270. The van der Waals surface area contributed by atoms with Crippen molar-refractivity contribution in [2.24, 2.45) is 0 Å². The number of rotatable bonds is 3. The fourth-order valence-electron chi connectivity index (χ4n) is 7.04. The molecule has 0 saturated carbocycles. The van der Waals surface area contributed by atoms with E-state index in [4.69, 9.17) is 14.2 Å². The van der Waals surface area contributed by atoms with Gasteiger partial charge in [-0.15, -0.1) is 0 Å². The molecule has 9 rings (SSSR count). The maximum Gasteiger partial charge on any atom is 0.407 e. The maximum atomic E-state index is 13.3. The van der Waals surface area contributed by atoms with Gasteiger partial charge in [-0.1, -0.05) is 42.5 Å². The number of hydrogen-bond acceptors (Lipinski definition) is 7. The molecule has 0 fully saturated rings. The predicted octanol–water partition coefficient (Wildman–Crippen LogP) is 4.18. The number of benzene rings is 4. The fourth-order valence-corrected chi connectivity index (χ4v) is 7.04. The highest BCUT2D eigenvalue weighted by Crippen LogP contribution is 2.45. The van der Waals surface area contributed by atoms with Crippen LogP contribution in [0.25, 0.3) is 43.6 Å². The minimum Gasteiger partial charge on any atom is -0.454 e. The number of hydrogen-bond donors (Lipinski definition) is 3. The first-order chi connectivity index (χ1) is 21.5. The van der Waals surface area contributed by atoms with Gasteiger partial charge in [-0.05, 0) is 29.8 Å². The van der Waals surface area contributed by atoms with Gasteiger partial charge < -0.3 is 33.8 Å². The zero-order valence-electron chi connectivity index (χ0n) is 23.1. The molecule has 0 saturated heterocycles. The first-order valence-corrected chi connectivity index (χ1v) is 14.3. The average Bonchev–Trinajstić information content (AvgIpc) is 3.77. The monoisotopic (exact) mass is 588 g/mol. The molecular weight excluding hydrogens is 564 g/mol. The number of para-hydroxylation sites is 2. The maximum absolute atomic E-state index is 13.3. The van der Waals surface area contributed by atoms with Crippen LogP contribution in [-0.4, -0.2) is 51.1 Å². The summed E-state index contributed by atoms with van der Waals surface area (Å²) in [5.74, 6) is 0.389. The summed E-state index contributed by atoms with van der Waals surface area (Å²) in [6, 6.07) is 20.7. The number of aliphatic hydroxyl groups is 1. The normalized spacial score (nSPS) is 18.7. The Hall–Kier alpha value is -5.55. The Morgan fingerprint density at radius 3 is 2.16 bits per heavy atom. The van der Waals surface area contributed by atoms with E-state index in [0.29, 0.717) is 33.4 Å². The SMILES string of the molecule is O=C(NCc1ccc2c(c1)OCO2)OC1Cn2c3ccccc3c3c4c(c5c6ccccc6n(c5c32)CC1O)C(=O)NC4=O. The first-order valence-electron chi connectivity index (χ1n) is 14.3. The van der Waals surface area contributed by atoms with Gasteiger partial charge in [0.15, 0.2) is 11.5 Å². The highest BCUT2D eigenvalue weighted by atomic mass is 16.7. The van der Waals surface area contributed by atoms with Gasteiger partial charge >= 0.3 is 6.09 Å². The Kier molecular flexibility index (Phi) is 5.10. The van der Waals surface area contributed by atoms with Crippen LogP contribution >= 0.6 is 0 Å². The van der Waals surface area contributed by atoms with Crippen LogP contribution in [0.2, 0.25) is 0 Å². The fraction of sp³-hybridized carbons (Fsp3) is 0.182. The molecule has 11 nitrogen and oxygen atoms in total. The Morgan fingerprint density at radius 1 is 0.864 bits per heavy atom. The molecular formula is C33H24N4O7. The molecule has 2 atom stereocenters. The van der Waals surface area contributed by atoms with E-state index >= 15 is 0 Å². The molecule has 3 aliphatic rings. The highest BCUT2D eigenvalue weighted by molar-refractivity contribution is 6.39. The van der Waals surface area contributed by atoms with E-state index in [2.05, 4.69) is 10.6 Å². The summed E-state index contributed by atoms with van der Waals surface area (Å²) in [6.07, 6.45) is -2.70. The molecule has 44 heavy (non-hydrogen) atoms. The summed E-state index contributed by atoms with van der Waals surface area (Å²) >= 11 is 0. The second-order valence-electron chi connectivity index (χ2n) is 11.3. The van der Waals surface area contributed by atoms with Gasteiger partial charge in [0, 0.05) is 39.1 Å². The number of aliphatic hydroxyl groups excluding tert-OH is 1. The third kappa shape index (κ3) is 3.38. The van der Waals surface area contributed by atoms with Gasteiger partial charge in [0.1, 0.15) is 12.2 Å². The van der Waals surface area contributed by atoms with Gasteiger partial charge in [-0.2, -0.15) is 0 Å². The van der Waals surface area contributed by atoms with Crippen molar-refractivity contribution in [3.05, 3.63) is 83.4 Å². The van der Waals surface area contributed by atoms with Gasteiger partial charge in [-0.25, -0.2) is 4.79 Å². The number of imide groups is 1. The second kappa shape index (κ2) is 8.98. The van der Waals surface area contributed by atoms with E-state index in [-0.39, 0.29) is 26.4 Å². The molecule has 218 valence electrons. The summed E-state index contributed by atoms with van der Waals surface area (Å²) in [5.41, 5.74) is 4.60. The van der Waals surface area contributed by atoms with Crippen molar-refractivity contribution < 1.29 is 33.7 Å². The van der Waals surface area contributed by atoms with E-state index in [1.165, 1.54) is 0 Å². The van der Waals surface area contributed by atoms with Crippen LogP contribution < -0.4 is 20.1 Å². The minimum atomic E-state index is -1.08. The summed E-state index contributed by atoms with van der Waals surface area (Å²) < 4.78 is 20.7. The minimum absolute atomic E-state index is 0.106. The third-order valence-corrected chi connectivity index (χ3v) is 8.89. The lowest BCUT2D eigenvalue weighted by Crippen LogP contribution is -2.41. The quantitative estimate of drug-likeness (QED) is 0.264. The average molecular weight is 589 g/mol. The molecule has 5 heterocycles. The zero-order valence-corrected chi connectivity index (χ0v) is 23.1. The molecule has 3 aliphatic heterocycles. The van der Waals surface area contributed by atoms with Crippen LogP contribution in [0, 0.1) is 0 Å². The third-order valence-electron chi connectivity index (χ3n) is 8.89. The van der Waals surface area contributed by atoms with Crippen molar-refractivity contribution in [2.45, 2.75) is 31.8 Å². The highest BCUT2D eigenvalue weighted by Gasteiger charge is 2.39.